The molecule has 82 valence electrons. The lowest BCUT2D eigenvalue weighted by Gasteiger charge is -2.06. The number of halogens is 2. The van der Waals surface area contributed by atoms with Crippen molar-refractivity contribution in [2.45, 2.75) is 6.92 Å². The maximum atomic E-state index is 13.4. The van der Waals surface area contributed by atoms with Crippen molar-refractivity contribution in [3.05, 3.63) is 47.7 Å². The Labute approximate surface area is 91.2 Å². The van der Waals surface area contributed by atoms with E-state index in [-0.39, 0.29) is 17.0 Å². The van der Waals surface area contributed by atoms with Gasteiger partial charge in [0.25, 0.3) is 0 Å². The first-order chi connectivity index (χ1) is 7.59. The molecule has 2 aromatic rings. The molecule has 0 radical (unpaired) electrons. The standard InChI is InChI=1S/C12H9F2NO/c1-7-5-10(16)12(15-6-7)8-3-2-4-9(13)11(8)14/h2-6,16H,1H3. The number of hydrogen-bond donors (Lipinski definition) is 1. The average molecular weight is 221 g/mol. The Kier molecular flexibility index (Phi) is 2.56. The van der Waals surface area contributed by atoms with Crippen LogP contribution in [0, 0.1) is 18.6 Å². The minimum atomic E-state index is -1.01. The predicted octanol–water partition coefficient (Wildman–Crippen LogP) is 3.04. The quantitative estimate of drug-likeness (QED) is 0.802. The largest absolute Gasteiger partial charge is 0.506 e. The molecule has 0 saturated heterocycles. The van der Waals surface area contributed by atoms with Crippen LogP contribution in [0.5, 0.6) is 5.75 Å². The zero-order chi connectivity index (χ0) is 11.7. The van der Waals surface area contributed by atoms with Crippen molar-refractivity contribution >= 4 is 0 Å². The van der Waals surface area contributed by atoms with Crippen molar-refractivity contribution in [2.75, 3.05) is 0 Å². The molecule has 0 aliphatic carbocycles. The summed E-state index contributed by atoms with van der Waals surface area (Å²) >= 11 is 0. The van der Waals surface area contributed by atoms with E-state index in [2.05, 4.69) is 4.98 Å². The average Bonchev–Trinajstić information content (AvgIpc) is 2.23. The monoisotopic (exact) mass is 221 g/mol. The molecule has 0 atom stereocenters. The summed E-state index contributed by atoms with van der Waals surface area (Å²) < 4.78 is 26.4. The highest BCUT2D eigenvalue weighted by molar-refractivity contribution is 5.66. The maximum absolute atomic E-state index is 13.4. The van der Waals surface area contributed by atoms with Gasteiger partial charge in [-0.2, -0.15) is 0 Å². The third kappa shape index (κ3) is 1.74. The van der Waals surface area contributed by atoms with Crippen molar-refractivity contribution in [3.63, 3.8) is 0 Å². The number of aryl methyl sites for hydroxylation is 1. The Morgan fingerprint density at radius 1 is 1.25 bits per heavy atom. The van der Waals surface area contributed by atoms with E-state index >= 15 is 0 Å². The van der Waals surface area contributed by atoms with Gasteiger partial charge in [-0.3, -0.25) is 4.98 Å². The Morgan fingerprint density at radius 3 is 2.69 bits per heavy atom. The first kappa shape index (κ1) is 10.5. The van der Waals surface area contributed by atoms with Crippen molar-refractivity contribution in [1.82, 2.24) is 4.98 Å². The normalized spacial score (nSPS) is 10.4. The fourth-order valence-corrected chi connectivity index (χ4v) is 1.45. The number of pyridine rings is 1. The molecule has 0 aliphatic heterocycles. The summed E-state index contributed by atoms with van der Waals surface area (Å²) in [6.07, 6.45) is 1.49. The second-order valence-corrected chi connectivity index (χ2v) is 3.48. The highest BCUT2D eigenvalue weighted by atomic mass is 19.2. The van der Waals surface area contributed by atoms with Crippen LogP contribution in [0.15, 0.2) is 30.5 Å². The molecule has 16 heavy (non-hydrogen) atoms. The molecule has 2 nitrogen and oxygen atoms in total. The molecule has 0 amide bonds. The summed E-state index contributed by atoms with van der Waals surface area (Å²) in [4.78, 5) is 3.89. The number of aromatic hydroxyl groups is 1. The van der Waals surface area contributed by atoms with E-state index in [4.69, 9.17) is 0 Å². The highest BCUT2D eigenvalue weighted by Crippen LogP contribution is 2.30. The summed E-state index contributed by atoms with van der Waals surface area (Å²) in [6, 6.07) is 5.21. The molecule has 0 bridgehead atoms. The van der Waals surface area contributed by atoms with Gasteiger partial charge in [-0.25, -0.2) is 8.78 Å². The first-order valence-electron chi connectivity index (χ1n) is 4.69. The minimum Gasteiger partial charge on any atom is -0.506 e. The van der Waals surface area contributed by atoms with Gasteiger partial charge in [-0.15, -0.1) is 0 Å². The van der Waals surface area contributed by atoms with Crippen LogP contribution in [0.4, 0.5) is 8.78 Å². The molecule has 1 heterocycles. The molecular formula is C12H9F2NO. The maximum Gasteiger partial charge on any atom is 0.168 e. The van der Waals surface area contributed by atoms with Crippen molar-refractivity contribution in [3.8, 4) is 17.0 Å². The van der Waals surface area contributed by atoms with Crippen LogP contribution in [0.3, 0.4) is 0 Å². The number of benzene rings is 1. The van der Waals surface area contributed by atoms with E-state index in [9.17, 15) is 13.9 Å². The number of rotatable bonds is 1. The molecule has 0 aliphatic rings. The Hall–Kier alpha value is -1.97. The van der Waals surface area contributed by atoms with E-state index < -0.39 is 11.6 Å². The summed E-state index contributed by atoms with van der Waals surface area (Å²) in [5, 5.41) is 9.61. The minimum absolute atomic E-state index is 0.0440. The van der Waals surface area contributed by atoms with Gasteiger partial charge in [-0.1, -0.05) is 6.07 Å². The van der Waals surface area contributed by atoms with Crippen LogP contribution in [0.25, 0.3) is 11.3 Å². The lowest BCUT2D eigenvalue weighted by molar-refractivity contribution is 0.472. The molecular weight excluding hydrogens is 212 g/mol. The van der Waals surface area contributed by atoms with Crippen LogP contribution in [0.2, 0.25) is 0 Å². The van der Waals surface area contributed by atoms with E-state index in [1.54, 1.807) is 6.92 Å². The van der Waals surface area contributed by atoms with Crippen LogP contribution in [-0.4, -0.2) is 10.1 Å². The van der Waals surface area contributed by atoms with Crippen molar-refractivity contribution < 1.29 is 13.9 Å². The zero-order valence-corrected chi connectivity index (χ0v) is 8.54. The number of nitrogens with zero attached hydrogens (tertiary/aromatic N) is 1. The summed E-state index contributed by atoms with van der Waals surface area (Å²) in [5.74, 6) is -2.13. The van der Waals surface area contributed by atoms with Gasteiger partial charge < -0.3 is 5.11 Å². The Bertz CT molecular complexity index is 541. The lowest BCUT2D eigenvalue weighted by Crippen LogP contribution is -1.92. The van der Waals surface area contributed by atoms with Crippen molar-refractivity contribution in [1.29, 1.82) is 0 Å². The second-order valence-electron chi connectivity index (χ2n) is 3.48. The van der Waals surface area contributed by atoms with Crippen LogP contribution < -0.4 is 0 Å². The smallest absolute Gasteiger partial charge is 0.168 e. The summed E-state index contributed by atoms with van der Waals surface area (Å²) in [7, 11) is 0. The van der Waals surface area contributed by atoms with Gasteiger partial charge in [-0.05, 0) is 30.7 Å². The van der Waals surface area contributed by atoms with Crippen LogP contribution in [-0.2, 0) is 0 Å². The predicted molar refractivity (Wildman–Crippen MR) is 56.0 cm³/mol. The number of aromatic nitrogens is 1. The van der Waals surface area contributed by atoms with Gasteiger partial charge >= 0.3 is 0 Å². The number of hydrogen-bond acceptors (Lipinski definition) is 2. The molecule has 0 spiro atoms. The Morgan fingerprint density at radius 2 is 2.00 bits per heavy atom. The summed E-state index contributed by atoms with van der Waals surface area (Å²) in [5.41, 5.74) is 0.748. The van der Waals surface area contributed by atoms with E-state index in [1.165, 1.54) is 24.4 Å². The molecule has 4 heteroatoms. The molecule has 0 fully saturated rings. The van der Waals surface area contributed by atoms with Crippen LogP contribution >= 0.6 is 0 Å². The van der Waals surface area contributed by atoms with Gasteiger partial charge in [0.1, 0.15) is 11.4 Å². The van der Waals surface area contributed by atoms with E-state index in [1.807, 2.05) is 0 Å². The third-order valence-corrected chi connectivity index (χ3v) is 2.21. The molecule has 2 rings (SSSR count). The topological polar surface area (TPSA) is 33.1 Å². The van der Waals surface area contributed by atoms with E-state index in [0.717, 1.165) is 11.6 Å². The molecule has 1 aromatic heterocycles. The first-order valence-corrected chi connectivity index (χ1v) is 4.69. The van der Waals surface area contributed by atoms with Gasteiger partial charge in [0.05, 0.1) is 0 Å². The molecule has 0 saturated carbocycles. The highest BCUT2D eigenvalue weighted by Gasteiger charge is 2.14. The molecule has 0 unspecified atom stereocenters. The Balaban J connectivity index is 2.63. The molecule has 1 aromatic carbocycles. The second kappa shape index (κ2) is 3.89. The lowest BCUT2D eigenvalue weighted by atomic mass is 10.1. The third-order valence-electron chi connectivity index (χ3n) is 2.21. The SMILES string of the molecule is Cc1cnc(-c2cccc(F)c2F)c(O)c1. The van der Waals surface area contributed by atoms with Gasteiger partial charge in [0.2, 0.25) is 0 Å². The molecule has 1 N–H and O–H groups in total. The van der Waals surface area contributed by atoms with Crippen molar-refractivity contribution in [2.24, 2.45) is 0 Å². The van der Waals surface area contributed by atoms with Gasteiger partial charge in [0.15, 0.2) is 11.6 Å². The van der Waals surface area contributed by atoms with E-state index in [0.29, 0.717) is 0 Å². The zero-order valence-electron chi connectivity index (χ0n) is 8.54. The van der Waals surface area contributed by atoms with Crippen LogP contribution in [0.1, 0.15) is 5.56 Å². The summed E-state index contributed by atoms with van der Waals surface area (Å²) in [6.45, 7) is 1.75. The fraction of sp³-hybridized carbons (Fsp3) is 0.0833. The fourth-order valence-electron chi connectivity index (χ4n) is 1.45. The van der Waals surface area contributed by atoms with Gasteiger partial charge in [0, 0.05) is 11.8 Å².